The topological polar surface area (TPSA) is 77.8 Å². The Labute approximate surface area is 124 Å². The van der Waals surface area contributed by atoms with Crippen molar-refractivity contribution in [3.05, 3.63) is 29.8 Å². The molecule has 0 aromatic heterocycles. The van der Waals surface area contributed by atoms with Gasteiger partial charge in [0.15, 0.2) is 0 Å². The Kier molecular flexibility index (Phi) is 4.63. The van der Waals surface area contributed by atoms with E-state index < -0.39 is 11.9 Å². The molecule has 1 heterocycles. The van der Waals surface area contributed by atoms with E-state index in [9.17, 15) is 14.7 Å². The van der Waals surface area contributed by atoms with Crippen molar-refractivity contribution in [2.24, 2.45) is 11.8 Å². The molecule has 1 amide bonds. The van der Waals surface area contributed by atoms with Crippen LogP contribution >= 0.6 is 0 Å². The summed E-state index contributed by atoms with van der Waals surface area (Å²) in [7, 11) is 0. The molecule has 1 fully saturated rings. The van der Waals surface area contributed by atoms with Crippen LogP contribution in [-0.2, 0) is 16.0 Å². The number of nitrogens with zero attached hydrogens (tertiary/aromatic N) is 1. The van der Waals surface area contributed by atoms with Crippen LogP contribution in [-0.4, -0.2) is 34.7 Å². The lowest BCUT2D eigenvalue weighted by Gasteiger charge is -2.40. The van der Waals surface area contributed by atoms with Gasteiger partial charge in [0.25, 0.3) is 0 Å². The van der Waals surface area contributed by atoms with E-state index in [1.807, 2.05) is 31.2 Å². The summed E-state index contributed by atoms with van der Waals surface area (Å²) in [6.45, 7) is 3.68. The fraction of sp³-hybridized carbons (Fsp3) is 0.500. The fourth-order valence-corrected chi connectivity index (χ4v) is 3.15. The van der Waals surface area contributed by atoms with Crippen LogP contribution in [0.5, 0.6) is 0 Å². The molecule has 1 saturated heterocycles. The van der Waals surface area contributed by atoms with Gasteiger partial charge in [0.05, 0.1) is 5.92 Å². The minimum Gasteiger partial charge on any atom is -0.481 e. The van der Waals surface area contributed by atoms with Crippen molar-refractivity contribution >= 4 is 17.6 Å². The average molecular weight is 291 g/mol. The second-order valence-electron chi connectivity index (χ2n) is 5.69. The molecule has 0 aliphatic carbocycles. The van der Waals surface area contributed by atoms with E-state index in [0.29, 0.717) is 12.1 Å². The molecule has 5 heteroatoms. The van der Waals surface area contributed by atoms with Crippen LogP contribution in [0.3, 0.4) is 0 Å². The first-order chi connectivity index (χ1) is 9.95. The zero-order valence-electron chi connectivity index (χ0n) is 12.3. The van der Waals surface area contributed by atoms with Crippen LogP contribution in [0.25, 0.3) is 0 Å². The standard InChI is InChI=1S/C16H21NO4/c1-10-9-14(19)17(11(2)15(10)16(20)21)13-5-3-12(4-6-13)7-8-18/h3-6,10-11,15,18H,7-9H2,1-2H3,(H,20,21). The zero-order chi connectivity index (χ0) is 15.6. The highest BCUT2D eigenvalue weighted by molar-refractivity contribution is 5.96. The van der Waals surface area contributed by atoms with E-state index in [1.165, 1.54) is 0 Å². The van der Waals surface area contributed by atoms with Crippen molar-refractivity contribution in [2.45, 2.75) is 32.7 Å². The van der Waals surface area contributed by atoms with Crippen LogP contribution in [0.2, 0.25) is 0 Å². The van der Waals surface area contributed by atoms with Crippen molar-refractivity contribution in [3.63, 3.8) is 0 Å². The number of aliphatic hydroxyl groups excluding tert-OH is 1. The highest BCUT2D eigenvalue weighted by atomic mass is 16.4. The summed E-state index contributed by atoms with van der Waals surface area (Å²) < 4.78 is 0. The number of carbonyl (C=O) groups excluding carboxylic acids is 1. The van der Waals surface area contributed by atoms with Gasteiger partial charge in [0.1, 0.15) is 0 Å². The van der Waals surface area contributed by atoms with Gasteiger partial charge in [-0.15, -0.1) is 0 Å². The van der Waals surface area contributed by atoms with Gasteiger partial charge >= 0.3 is 5.97 Å². The number of aliphatic hydroxyl groups is 1. The molecule has 1 aliphatic rings. The lowest BCUT2D eigenvalue weighted by Crippen LogP contribution is -2.53. The molecule has 1 aromatic carbocycles. The predicted octanol–water partition coefficient (Wildman–Crippen LogP) is 1.68. The maximum Gasteiger partial charge on any atom is 0.308 e. The van der Waals surface area contributed by atoms with Crippen LogP contribution in [0.1, 0.15) is 25.8 Å². The number of amides is 1. The maximum atomic E-state index is 12.3. The first-order valence-corrected chi connectivity index (χ1v) is 7.20. The summed E-state index contributed by atoms with van der Waals surface area (Å²) in [5, 5.41) is 18.3. The van der Waals surface area contributed by atoms with Crippen molar-refractivity contribution < 1.29 is 19.8 Å². The Hall–Kier alpha value is -1.88. The van der Waals surface area contributed by atoms with Gasteiger partial charge in [-0.2, -0.15) is 0 Å². The van der Waals surface area contributed by atoms with E-state index in [1.54, 1.807) is 11.8 Å². The lowest BCUT2D eigenvalue weighted by molar-refractivity contribution is -0.146. The Balaban J connectivity index is 2.28. The second kappa shape index (κ2) is 6.26. The summed E-state index contributed by atoms with van der Waals surface area (Å²) in [4.78, 5) is 25.3. The first-order valence-electron chi connectivity index (χ1n) is 7.20. The zero-order valence-corrected chi connectivity index (χ0v) is 12.3. The van der Waals surface area contributed by atoms with Gasteiger partial charge in [-0.3, -0.25) is 9.59 Å². The van der Waals surface area contributed by atoms with E-state index in [0.717, 1.165) is 5.56 Å². The molecule has 5 nitrogen and oxygen atoms in total. The number of piperidine rings is 1. The number of hydrogen-bond acceptors (Lipinski definition) is 3. The quantitative estimate of drug-likeness (QED) is 0.885. The molecular formula is C16H21NO4. The molecule has 3 unspecified atom stereocenters. The van der Waals surface area contributed by atoms with Gasteiger partial charge in [-0.25, -0.2) is 0 Å². The van der Waals surface area contributed by atoms with Crippen LogP contribution < -0.4 is 4.90 Å². The second-order valence-corrected chi connectivity index (χ2v) is 5.69. The third-order valence-electron chi connectivity index (χ3n) is 4.21. The number of rotatable bonds is 4. The van der Waals surface area contributed by atoms with E-state index in [-0.39, 0.29) is 30.9 Å². The summed E-state index contributed by atoms with van der Waals surface area (Å²) in [5.74, 6) is -1.61. The van der Waals surface area contributed by atoms with E-state index in [2.05, 4.69) is 0 Å². The van der Waals surface area contributed by atoms with Gasteiger partial charge in [-0.05, 0) is 37.0 Å². The van der Waals surface area contributed by atoms with Crippen molar-refractivity contribution in [1.29, 1.82) is 0 Å². The van der Waals surface area contributed by atoms with Gasteiger partial charge in [0, 0.05) is 24.8 Å². The molecular weight excluding hydrogens is 270 g/mol. The van der Waals surface area contributed by atoms with E-state index >= 15 is 0 Å². The van der Waals surface area contributed by atoms with Gasteiger partial charge in [0.2, 0.25) is 5.91 Å². The summed E-state index contributed by atoms with van der Waals surface area (Å²) >= 11 is 0. The summed E-state index contributed by atoms with van der Waals surface area (Å²) in [6, 6.07) is 6.98. The van der Waals surface area contributed by atoms with Gasteiger partial charge < -0.3 is 15.1 Å². The molecule has 21 heavy (non-hydrogen) atoms. The first kappa shape index (κ1) is 15.5. The molecule has 1 aromatic rings. The maximum absolute atomic E-state index is 12.3. The normalized spacial score (nSPS) is 26.0. The third kappa shape index (κ3) is 3.08. The molecule has 0 saturated carbocycles. The number of anilines is 1. The SMILES string of the molecule is CC1CC(=O)N(c2ccc(CCO)cc2)C(C)C1C(=O)O. The Morgan fingerprint density at radius 3 is 2.43 bits per heavy atom. The number of hydrogen-bond donors (Lipinski definition) is 2. The monoisotopic (exact) mass is 291 g/mol. The minimum atomic E-state index is -0.857. The third-order valence-corrected chi connectivity index (χ3v) is 4.21. The van der Waals surface area contributed by atoms with Crippen molar-refractivity contribution in [3.8, 4) is 0 Å². The number of aliphatic carboxylic acids is 1. The Morgan fingerprint density at radius 2 is 1.90 bits per heavy atom. The summed E-state index contributed by atoms with van der Waals surface area (Å²) in [6.07, 6.45) is 0.818. The Bertz CT molecular complexity index is 526. The predicted molar refractivity (Wildman–Crippen MR) is 79.1 cm³/mol. The fourth-order valence-electron chi connectivity index (χ4n) is 3.15. The highest BCUT2D eigenvalue weighted by Gasteiger charge is 2.42. The smallest absolute Gasteiger partial charge is 0.308 e. The molecule has 2 N–H and O–H groups in total. The molecule has 2 rings (SSSR count). The van der Waals surface area contributed by atoms with E-state index in [4.69, 9.17) is 5.11 Å². The van der Waals surface area contributed by atoms with Crippen LogP contribution in [0, 0.1) is 11.8 Å². The van der Waals surface area contributed by atoms with Crippen molar-refractivity contribution in [1.82, 2.24) is 0 Å². The molecule has 0 radical (unpaired) electrons. The molecule has 0 spiro atoms. The summed E-state index contributed by atoms with van der Waals surface area (Å²) in [5.41, 5.74) is 1.70. The van der Waals surface area contributed by atoms with Crippen molar-refractivity contribution in [2.75, 3.05) is 11.5 Å². The number of benzene rings is 1. The average Bonchev–Trinajstić information content (AvgIpc) is 2.40. The van der Waals surface area contributed by atoms with Crippen LogP contribution in [0.4, 0.5) is 5.69 Å². The highest BCUT2D eigenvalue weighted by Crippen LogP contribution is 2.33. The lowest BCUT2D eigenvalue weighted by atomic mass is 9.80. The Morgan fingerprint density at radius 1 is 1.29 bits per heavy atom. The largest absolute Gasteiger partial charge is 0.481 e. The minimum absolute atomic E-state index is 0.0394. The molecule has 0 bridgehead atoms. The number of carbonyl (C=O) groups is 2. The van der Waals surface area contributed by atoms with Crippen LogP contribution in [0.15, 0.2) is 24.3 Å². The number of carboxylic acids is 1. The molecule has 3 atom stereocenters. The molecule has 114 valence electrons. The number of carboxylic acid groups (broad SMARTS) is 1. The van der Waals surface area contributed by atoms with Gasteiger partial charge in [-0.1, -0.05) is 19.1 Å². The molecule has 1 aliphatic heterocycles.